The van der Waals surface area contributed by atoms with E-state index in [-0.39, 0.29) is 25.7 Å². The van der Waals surface area contributed by atoms with Crippen molar-refractivity contribution < 1.29 is 80.2 Å². The quantitative estimate of drug-likeness (QED) is 0.0222. The Balaban J connectivity index is 5.24. The maximum absolute atomic E-state index is 13.1. The molecule has 0 spiro atoms. The van der Waals surface area contributed by atoms with Gasteiger partial charge < -0.3 is 33.8 Å². The molecule has 7 atom stereocenters. The molecule has 0 radical (unpaired) electrons. The second-order valence-corrected chi connectivity index (χ2v) is 33.1. The third kappa shape index (κ3) is 71.5. The van der Waals surface area contributed by atoms with E-state index in [1.165, 1.54) is 205 Å². The number of aliphatic hydroxyl groups excluding tert-OH is 1. The summed E-state index contributed by atoms with van der Waals surface area (Å²) in [4.78, 5) is 73.0. The molecule has 99 heavy (non-hydrogen) atoms. The van der Waals surface area contributed by atoms with Crippen LogP contribution in [0.2, 0.25) is 0 Å². The van der Waals surface area contributed by atoms with Gasteiger partial charge in [-0.15, -0.1) is 0 Å². The smallest absolute Gasteiger partial charge is 0.462 e. The number of hydrogen-bond acceptors (Lipinski definition) is 15. The molecule has 0 aliphatic heterocycles. The molecule has 0 saturated heterocycles. The van der Waals surface area contributed by atoms with Crippen molar-refractivity contribution in [1.82, 2.24) is 0 Å². The van der Waals surface area contributed by atoms with Crippen LogP contribution >= 0.6 is 15.6 Å². The first-order valence-electron chi connectivity index (χ1n) is 41.3. The monoisotopic (exact) mass is 1450 g/mol. The van der Waals surface area contributed by atoms with Crippen LogP contribution in [0.25, 0.3) is 0 Å². The van der Waals surface area contributed by atoms with Crippen LogP contribution < -0.4 is 0 Å². The molecule has 0 heterocycles. The molecule has 588 valence electrons. The van der Waals surface area contributed by atoms with E-state index >= 15 is 0 Å². The van der Waals surface area contributed by atoms with Gasteiger partial charge in [-0.1, -0.05) is 357 Å². The standard InChI is InChI=1S/C80H156O17P2/c1-9-72(7)58-50-42-34-28-22-18-15-16-19-23-29-35-44-52-60-77(82)90-66-75(96-79(84)62-54-46-36-30-24-20-14-12-11-13-17-21-26-32-40-48-56-70(3)4)68-94-98(86,87)92-64-74(81)65-93-99(88,89)95-69-76(67-91-78(83)61-53-45-39-38-43-51-59-73(8)10-2)97-80(85)63-55-47-37-31-25-27-33-41-49-57-71(5)6/h70-76,81H,9-69H2,1-8H3,(H,86,87)(H,88,89)/t72?,73?,74-,75-,76-/m1/s1. The Kier molecular flexibility index (Phi) is 67.8. The third-order valence-corrected chi connectivity index (χ3v) is 21.2. The maximum atomic E-state index is 13.1. The van der Waals surface area contributed by atoms with Crippen molar-refractivity contribution in [2.24, 2.45) is 23.7 Å². The second kappa shape index (κ2) is 69.1. The van der Waals surface area contributed by atoms with E-state index in [2.05, 4.69) is 55.4 Å². The second-order valence-electron chi connectivity index (χ2n) is 30.2. The molecule has 3 N–H and O–H groups in total. The van der Waals surface area contributed by atoms with E-state index in [9.17, 15) is 43.2 Å². The summed E-state index contributed by atoms with van der Waals surface area (Å²) < 4.78 is 68.7. The van der Waals surface area contributed by atoms with Crippen molar-refractivity contribution in [1.29, 1.82) is 0 Å². The van der Waals surface area contributed by atoms with Gasteiger partial charge in [0.05, 0.1) is 26.4 Å². The Morgan fingerprint density at radius 3 is 0.717 bits per heavy atom. The van der Waals surface area contributed by atoms with Crippen molar-refractivity contribution in [3.63, 3.8) is 0 Å². The lowest BCUT2D eigenvalue weighted by molar-refractivity contribution is -0.161. The molecule has 0 rings (SSSR count). The first-order chi connectivity index (χ1) is 47.7. The Morgan fingerprint density at radius 1 is 0.283 bits per heavy atom. The zero-order valence-corrected chi connectivity index (χ0v) is 66.9. The topological polar surface area (TPSA) is 237 Å². The molecule has 17 nitrogen and oxygen atoms in total. The lowest BCUT2D eigenvalue weighted by atomic mass is 9.99. The zero-order valence-electron chi connectivity index (χ0n) is 65.1. The van der Waals surface area contributed by atoms with Gasteiger partial charge in [0.1, 0.15) is 19.3 Å². The SMILES string of the molecule is CCC(C)CCCCCCCCCCCCCCCCC(=O)OC[C@H](COP(=O)(O)OC[C@@H](O)COP(=O)(O)OC[C@@H](COC(=O)CCCCCCCCC(C)CC)OC(=O)CCCCCCCCCCCC(C)C)OC(=O)CCCCCCCCCCCCCCCCCCC(C)C. The van der Waals surface area contributed by atoms with Crippen LogP contribution in [0.4, 0.5) is 0 Å². The average molecular weight is 1450 g/mol. The highest BCUT2D eigenvalue weighted by atomic mass is 31.2. The highest BCUT2D eigenvalue weighted by Crippen LogP contribution is 2.45. The van der Waals surface area contributed by atoms with Gasteiger partial charge in [0, 0.05) is 25.7 Å². The Bertz CT molecular complexity index is 1940. The van der Waals surface area contributed by atoms with Gasteiger partial charge in [0.15, 0.2) is 12.2 Å². The number of phosphoric acid groups is 2. The van der Waals surface area contributed by atoms with E-state index in [4.69, 9.17) is 37.0 Å². The van der Waals surface area contributed by atoms with Gasteiger partial charge >= 0.3 is 39.5 Å². The average Bonchev–Trinajstić information content (AvgIpc) is 1.00. The largest absolute Gasteiger partial charge is 0.472 e. The summed E-state index contributed by atoms with van der Waals surface area (Å²) in [6.07, 6.45) is 55.5. The lowest BCUT2D eigenvalue weighted by Crippen LogP contribution is -2.30. The predicted octanol–water partition coefficient (Wildman–Crippen LogP) is 23.6. The Labute approximate surface area is 607 Å². The highest BCUT2D eigenvalue weighted by Gasteiger charge is 2.30. The van der Waals surface area contributed by atoms with Crippen molar-refractivity contribution in [3.05, 3.63) is 0 Å². The van der Waals surface area contributed by atoms with Crippen molar-refractivity contribution >= 4 is 39.5 Å². The molecule has 0 saturated carbocycles. The molecule has 0 aromatic carbocycles. The molecule has 0 aliphatic carbocycles. The fourth-order valence-corrected chi connectivity index (χ4v) is 13.8. The lowest BCUT2D eigenvalue weighted by Gasteiger charge is -2.21. The van der Waals surface area contributed by atoms with Crippen molar-refractivity contribution in [2.45, 2.75) is 427 Å². The van der Waals surface area contributed by atoms with Crippen LogP contribution in [0.5, 0.6) is 0 Å². The predicted molar refractivity (Wildman–Crippen MR) is 404 cm³/mol. The van der Waals surface area contributed by atoms with Gasteiger partial charge in [-0.2, -0.15) is 0 Å². The van der Waals surface area contributed by atoms with Crippen LogP contribution in [-0.2, 0) is 65.4 Å². The Morgan fingerprint density at radius 2 is 0.485 bits per heavy atom. The number of unbranched alkanes of at least 4 members (excludes halogenated alkanes) is 41. The summed E-state index contributed by atoms with van der Waals surface area (Å²) in [5.74, 6) is 1.01. The minimum absolute atomic E-state index is 0.104. The van der Waals surface area contributed by atoms with Crippen LogP contribution in [0.1, 0.15) is 409 Å². The summed E-state index contributed by atoms with van der Waals surface area (Å²) in [5.41, 5.74) is 0. The number of ether oxygens (including phenoxy) is 4. The number of carbonyl (C=O) groups excluding carboxylic acids is 4. The minimum atomic E-state index is -4.96. The van der Waals surface area contributed by atoms with Crippen LogP contribution in [-0.4, -0.2) is 96.7 Å². The fraction of sp³-hybridized carbons (Fsp3) is 0.950. The summed E-state index contributed by atoms with van der Waals surface area (Å²) in [7, 11) is -9.92. The maximum Gasteiger partial charge on any atom is 0.472 e. The van der Waals surface area contributed by atoms with Gasteiger partial charge in [-0.25, -0.2) is 9.13 Å². The molecule has 19 heteroatoms. The molecule has 0 bridgehead atoms. The van der Waals surface area contributed by atoms with Gasteiger partial charge in [0.25, 0.3) is 0 Å². The van der Waals surface area contributed by atoms with Crippen LogP contribution in [0, 0.1) is 23.7 Å². The van der Waals surface area contributed by atoms with Gasteiger partial charge in [-0.3, -0.25) is 37.3 Å². The van der Waals surface area contributed by atoms with E-state index < -0.39 is 97.5 Å². The zero-order chi connectivity index (χ0) is 73.1. The Hall–Kier alpha value is -1.94. The first-order valence-corrected chi connectivity index (χ1v) is 44.3. The fourth-order valence-electron chi connectivity index (χ4n) is 12.2. The summed E-state index contributed by atoms with van der Waals surface area (Å²) in [6, 6.07) is 0. The third-order valence-electron chi connectivity index (χ3n) is 19.3. The van der Waals surface area contributed by atoms with E-state index in [0.717, 1.165) is 120 Å². The minimum Gasteiger partial charge on any atom is -0.462 e. The number of carbonyl (C=O) groups is 4. The molecule has 0 aromatic heterocycles. The number of phosphoric ester groups is 2. The van der Waals surface area contributed by atoms with E-state index in [1.807, 2.05) is 0 Å². The molecule has 4 unspecified atom stereocenters. The normalized spacial score (nSPS) is 14.6. The van der Waals surface area contributed by atoms with Crippen molar-refractivity contribution in [3.8, 4) is 0 Å². The van der Waals surface area contributed by atoms with Gasteiger partial charge in [0.2, 0.25) is 0 Å². The molecule has 0 fully saturated rings. The number of esters is 4. The summed E-state index contributed by atoms with van der Waals surface area (Å²) >= 11 is 0. The number of rotatable bonds is 77. The number of aliphatic hydroxyl groups is 1. The molecule has 0 amide bonds. The first kappa shape index (κ1) is 97.1. The molecule has 0 aromatic rings. The highest BCUT2D eigenvalue weighted by molar-refractivity contribution is 7.47. The molecular weight excluding hydrogens is 1290 g/mol. The van der Waals surface area contributed by atoms with Crippen LogP contribution in [0.15, 0.2) is 0 Å². The van der Waals surface area contributed by atoms with Crippen molar-refractivity contribution in [2.75, 3.05) is 39.6 Å². The summed E-state index contributed by atoms with van der Waals surface area (Å²) in [5, 5.41) is 10.6. The number of hydrogen-bond donors (Lipinski definition) is 3. The van der Waals surface area contributed by atoms with E-state index in [1.54, 1.807) is 0 Å². The van der Waals surface area contributed by atoms with Gasteiger partial charge in [-0.05, 0) is 49.4 Å². The summed E-state index contributed by atoms with van der Waals surface area (Å²) in [6.45, 7) is 14.3. The van der Waals surface area contributed by atoms with E-state index in [0.29, 0.717) is 25.7 Å². The van der Waals surface area contributed by atoms with Crippen LogP contribution in [0.3, 0.4) is 0 Å². The molecular formula is C80H156O17P2. The molecule has 0 aliphatic rings.